The van der Waals surface area contributed by atoms with Gasteiger partial charge in [-0.25, -0.2) is 0 Å². The molecule has 0 bridgehead atoms. The minimum absolute atomic E-state index is 0.00475. The number of aryl methyl sites for hydroxylation is 1. The monoisotopic (exact) mass is 494 g/mol. The first-order valence-electron chi connectivity index (χ1n) is 11.0. The normalized spacial score (nSPS) is 21.6. The molecule has 1 aliphatic carbocycles. The van der Waals surface area contributed by atoms with Crippen molar-refractivity contribution in [2.24, 2.45) is 0 Å². The van der Waals surface area contributed by atoms with Crippen molar-refractivity contribution in [3.05, 3.63) is 81.8 Å². The molecule has 0 amide bonds. The molecule has 0 spiro atoms. The maximum Gasteiger partial charge on any atom is 0.174 e. The molecule has 2 fully saturated rings. The number of nitrogens with zero attached hydrogens (tertiary/aromatic N) is 3. The average Bonchev–Trinajstić information content (AvgIpc) is 3.47. The van der Waals surface area contributed by atoms with Gasteiger partial charge in [-0.2, -0.15) is 0 Å². The Balaban J connectivity index is 1.64. The van der Waals surface area contributed by atoms with Gasteiger partial charge >= 0.3 is 0 Å². The van der Waals surface area contributed by atoms with E-state index in [1.807, 2.05) is 18.3 Å². The Labute approximate surface area is 197 Å². The zero-order chi connectivity index (χ0) is 21.5. The average molecular weight is 495 g/mol. The van der Waals surface area contributed by atoms with Crippen LogP contribution in [0, 0.1) is 13.8 Å². The fourth-order valence-corrected chi connectivity index (χ4v) is 5.99. The molecule has 2 unspecified atom stereocenters. The third kappa shape index (κ3) is 3.70. The molecule has 3 aromatic rings. The zero-order valence-electron chi connectivity index (χ0n) is 17.9. The van der Waals surface area contributed by atoms with E-state index in [0.29, 0.717) is 6.04 Å². The van der Waals surface area contributed by atoms with Crippen LogP contribution in [0.15, 0.2) is 59.2 Å². The van der Waals surface area contributed by atoms with Crippen molar-refractivity contribution in [1.82, 2.24) is 14.9 Å². The summed E-state index contributed by atoms with van der Waals surface area (Å²) in [5, 5.41) is 4.33. The Hall–Kier alpha value is -2.18. The van der Waals surface area contributed by atoms with Crippen molar-refractivity contribution in [3.63, 3.8) is 0 Å². The van der Waals surface area contributed by atoms with Gasteiger partial charge in [0.15, 0.2) is 5.11 Å². The number of rotatable bonds is 4. The van der Waals surface area contributed by atoms with Crippen molar-refractivity contribution < 1.29 is 0 Å². The van der Waals surface area contributed by atoms with Gasteiger partial charge in [-0.3, -0.25) is 4.98 Å². The predicted octanol–water partition coefficient (Wildman–Crippen LogP) is 6.55. The van der Waals surface area contributed by atoms with Crippen molar-refractivity contribution in [2.45, 2.75) is 57.7 Å². The number of hydrogen-bond acceptors (Lipinski definition) is 2. The molecule has 6 heteroatoms. The third-order valence-electron chi connectivity index (χ3n) is 6.73. The second-order valence-corrected chi connectivity index (χ2v) is 9.91. The number of pyridine rings is 1. The molecular formula is C25H27BrN4S. The molecule has 2 aromatic heterocycles. The minimum Gasteiger partial charge on any atom is -0.351 e. The lowest BCUT2D eigenvalue weighted by molar-refractivity contribution is 0.494. The number of anilines is 1. The maximum absolute atomic E-state index is 5.87. The Morgan fingerprint density at radius 2 is 1.81 bits per heavy atom. The first-order valence-corrected chi connectivity index (χ1v) is 12.2. The van der Waals surface area contributed by atoms with E-state index in [0.717, 1.165) is 21.0 Å². The summed E-state index contributed by atoms with van der Waals surface area (Å²) in [5.74, 6) is 0. The SMILES string of the molecule is Cc1cc(C2C(c3ccccn3)NC(=S)N2c2ccc(Br)cc2)c(C)n1C1CCCC1. The van der Waals surface area contributed by atoms with Gasteiger partial charge in [0.2, 0.25) is 0 Å². The lowest BCUT2D eigenvalue weighted by Crippen LogP contribution is -2.29. The molecule has 3 heterocycles. The van der Waals surface area contributed by atoms with E-state index in [1.54, 1.807) is 0 Å². The molecule has 5 rings (SSSR count). The van der Waals surface area contributed by atoms with Crippen LogP contribution in [0.4, 0.5) is 5.69 Å². The molecule has 160 valence electrons. The standard InChI is InChI=1S/C25H27BrN4S/c1-16-15-21(17(2)29(16)19-7-3-4-8-19)24-23(22-9-5-6-14-27-22)28-25(31)30(24)20-12-10-18(26)11-13-20/h5-6,9-15,19,23-24H,3-4,7-8H2,1-2H3,(H,28,31). The van der Waals surface area contributed by atoms with Crippen LogP contribution in [0.5, 0.6) is 0 Å². The van der Waals surface area contributed by atoms with Crippen molar-refractivity contribution in [2.75, 3.05) is 4.90 Å². The fraction of sp³-hybridized carbons (Fsp3) is 0.360. The minimum atomic E-state index is -0.00475. The van der Waals surface area contributed by atoms with Crippen LogP contribution in [-0.4, -0.2) is 14.7 Å². The summed E-state index contributed by atoms with van der Waals surface area (Å²) in [6, 6.07) is 17.5. The zero-order valence-corrected chi connectivity index (χ0v) is 20.3. The first kappa shape index (κ1) is 20.7. The summed E-state index contributed by atoms with van der Waals surface area (Å²) >= 11 is 9.43. The molecule has 1 saturated heterocycles. The van der Waals surface area contributed by atoms with E-state index in [-0.39, 0.29) is 12.1 Å². The van der Waals surface area contributed by atoms with E-state index in [4.69, 9.17) is 12.2 Å². The molecule has 4 nitrogen and oxygen atoms in total. The van der Waals surface area contributed by atoms with Crippen LogP contribution in [0.25, 0.3) is 0 Å². The van der Waals surface area contributed by atoms with Crippen LogP contribution < -0.4 is 10.2 Å². The lowest BCUT2D eigenvalue weighted by Gasteiger charge is -2.28. The molecule has 2 atom stereocenters. The van der Waals surface area contributed by atoms with Gasteiger partial charge in [0, 0.05) is 33.8 Å². The number of thiocarbonyl (C=S) groups is 1. The largest absolute Gasteiger partial charge is 0.351 e. The highest BCUT2D eigenvalue weighted by Gasteiger charge is 2.42. The van der Waals surface area contributed by atoms with Crippen LogP contribution >= 0.6 is 28.1 Å². The van der Waals surface area contributed by atoms with Gasteiger partial charge in [-0.05, 0) is 86.9 Å². The highest BCUT2D eigenvalue weighted by atomic mass is 79.9. The molecular weight excluding hydrogens is 468 g/mol. The van der Waals surface area contributed by atoms with Crippen LogP contribution in [0.2, 0.25) is 0 Å². The smallest absolute Gasteiger partial charge is 0.174 e. The number of halogens is 1. The second kappa shape index (κ2) is 8.40. The molecule has 1 aliphatic heterocycles. The Kier molecular flexibility index (Phi) is 5.61. The third-order valence-corrected chi connectivity index (χ3v) is 7.58. The van der Waals surface area contributed by atoms with Crippen LogP contribution in [0.1, 0.15) is 66.5 Å². The van der Waals surface area contributed by atoms with Gasteiger partial charge in [0.1, 0.15) is 0 Å². The second-order valence-electron chi connectivity index (χ2n) is 8.61. The number of hydrogen-bond donors (Lipinski definition) is 1. The van der Waals surface area contributed by atoms with Gasteiger partial charge in [-0.1, -0.05) is 34.8 Å². The van der Waals surface area contributed by atoms with E-state index in [1.165, 1.54) is 42.6 Å². The summed E-state index contributed by atoms with van der Waals surface area (Å²) < 4.78 is 3.63. The van der Waals surface area contributed by atoms with Gasteiger partial charge in [-0.15, -0.1) is 0 Å². The first-order chi connectivity index (χ1) is 15.0. The predicted molar refractivity (Wildman–Crippen MR) is 133 cm³/mol. The van der Waals surface area contributed by atoms with Gasteiger partial charge in [0.05, 0.1) is 17.8 Å². The van der Waals surface area contributed by atoms with Crippen molar-refractivity contribution >= 4 is 38.9 Å². The fourth-order valence-electron chi connectivity index (χ4n) is 5.38. The molecule has 1 N–H and O–H groups in total. The molecule has 2 aliphatic rings. The summed E-state index contributed by atoms with van der Waals surface area (Å²) in [4.78, 5) is 6.95. The van der Waals surface area contributed by atoms with E-state index in [2.05, 4.69) is 85.9 Å². The van der Waals surface area contributed by atoms with Crippen LogP contribution in [0.3, 0.4) is 0 Å². The molecule has 1 aromatic carbocycles. The van der Waals surface area contributed by atoms with E-state index >= 15 is 0 Å². The quantitative estimate of drug-likeness (QED) is 0.416. The molecule has 31 heavy (non-hydrogen) atoms. The van der Waals surface area contributed by atoms with Crippen LogP contribution in [-0.2, 0) is 0 Å². The number of aromatic nitrogens is 2. The van der Waals surface area contributed by atoms with Gasteiger partial charge in [0.25, 0.3) is 0 Å². The van der Waals surface area contributed by atoms with E-state index in [9.17, 15) is 0 Å². The molecule has 0 radical (unpaired) electrons. The summed E-state index contributed by atoms with van der Waals surface area (Å²) in [6.45, 7) is 4.52. The molecule has 1 saturated carbocycles. The Morgan fingerprint density at radius 1 is 1.06 bits per heavy atom. The number of nitrogens with one attached hydrogen (secondary N) is 1. The highest BCUT2D eigenvalue weighted by molar-refractivity contribution is 9.10. The van der Waals surface area contributed by atoms with E-state index < -0.39 is 0 Å². The van der Waals surface area contributed by atoms with Crippen molar-refractivity contribution in [3.8, 4) is 0 Å². The Morgan fingerprint density at radius 3 is 2.48 bits per heavy atom. The van der Waals surface area contributed by atoms with Gasteiger partial charge < -0.3 is 14.8 Å². The van der Waals surface area contributed by atoms with Crippen molar-refractivity contribution in [1.29, 1.82) is 0 Å². The highest BCUT2D eigenvalue weighted by Crippen LogP contribution is 2.44. The Bertz CT molecular complexity index is 1090. The topological polar surface area (TPSA) is 33.1 Å². The summed E-state index contributed by atoms with van der Waals surface area (Å²) in [6.07, 6.45) is 7.07. The summed E-state index contributed by atoms with van der Waals surface area (Å²) in [7, 11) is 0. The number of benzene rings is 1. The summed E-state index contributed by atoms with van der Waals surface area (Å²) in [5.41, 5.74) is 6.13. The maximum atomic E-state index is 5.87. The lowest BCUT2D eigenvalue weighted by atomic mass is 9.96.